The molecule has 2 rings (SSSR count). The van der Waals surface area contributed by atoms with Crippen molar-refractivity contribution in [1.82, 2.24) is 5.32 Å². The van der Waals surface area contributed by atoms with Gasteiger partial charge in [0.15, 0.2) is 11.5 Å². The normalized spacial score (nSPS) is 17.6. The fourth-order valence-corrected chi connectivity index (χ4v) is 2.70. The van der Waals surface area contributed by atoms with Crippen molar-refractivity contribution in [1.29, 1.82) is 0 Å². The second kappa shape index (κ2) is 7.93. The molecule has 0 saturated carbocycles. The minimum Gasteiger partial charge on any atom is -0.493 e. The average Bonchev–Trinajstić information content (AvgIpc) is 2.54. The van der Waals surface area contributed by atoms with E-state index in [-0.39, 0.29) is 0 Å². The van der Waals surface area contributed by atoms with Gasteiger partial charge >= 0.3 is 0 Å². The number of benzene rings is 1. The number of nitrogens with one attached hydrogen (secondary N) is 1. The Bertz CT molecular complexity index is 460. The Hall–Kier alpha value is -1.68. The van der Waals surface area contributed by atoms with Gasteiger partial charge in [-0.3, -0.25) is 0 Å². The Morgan fingerprint density at radius 2 is 1.76 bits per heavy atom. The summed E-state index contributed by atoms with van der Waals surface area (Å²) in [7, 11) is 4.90. The molecule has 1 aliphatic rings. The smallest absolute Gasteiger partial charge is 0.203 e. The fourth-order valence-electron chi connectivity index (χ4n) is 2.70. The van der Waals surface area contributed by atoms with E-state index in [0.29, 0.717) is 17.2 Å². The number of methoxy groups -OCH3 is 3. The Morgan fingerprint density at radius 1 is 1.05 bits per heavy atom. The van der Waals surface area contributed by atoms with Crippen molar-refractivity contribution in [2.45, 2.75) is 25.8 Å². The van der Waals surface area contributed by atoms with Crippen molar-refractivity contribution < 1.29 is 14.2 Å². The van der Waals surface area contributed by atoms with Gasteiger partial charge in [-0.15, -0.1) is 0 Å². The summed E-state index contributed by atoms with van der Waals surface area (Å²) in [4.78, 5) is 0. The molecule has 0 bridgehead atoms. The Kier molecular flexibility index (Phi) is 5.93. The Morgan fingerprint density at radius 3 is 2.29 bits per heavy atom. The van der Waals surface area contributed by atoms with Crippen LogP contribution in [0.1, 0.15) is 24.8 Å². The quantitative estimate of drug-likeness (QED) is 0.783. The molecule has 1 aromatic carbocycles. The van der Waals surface area contributed by atoms with Crippen LogP contribution in [0.2, 0.25) is 0 Å². The predicted octanol–water partition coefficient (Wildman–Crippen LogP) is 3.16. The predicted molar refractivity (Wildman–Crippen MR) is 84.3 cm³/mol. The Balaban J connectivity index is 1.97. The first kappa shape index (κ1) is 15.7. The third-order valence-corrected chi connectivity index (χ3v) is 3.86. The SMILES string of the molecule is COc1cc(CNCC2CC=CCC2)cc(OC)c1OC. The molecule has 21 heavy (non-hydrogen) atoms. The van der Waals surface area contributed by atoms with E-state index in [1.54, 1.807) is 21.3 Å². The van der Waals surface area contributed by atoms with Gasteiger partial charge in [-0.05, 0) is 49.4 Å². The Labute approximate surface area is 127 Å². The highest BCUT2D eigenvalue weighted by Crippen LogP contribution is 2.38. The topological polar surface area (TPSA) is 39.7 Å². The van der Waals surface area contributed by atoms with Crippen LogP contribution >= 0.6 is 0 Å². The summed E-state index contributed by atoms with van der Waals surface area (Å²) in [6.07, 6.45) is 8.22. The lowest BCUT2D eigenvalue weighted by molar-refractivity contribution is 0.323. The van der Waals surface area contributed by atoms with E-state index >= 15 is 0 Å². The molecule has 4 nitrogen and oxygen atoms in total. The van der Waals surface area contributed by atoms with Crippen LogP contribution in [0.5, 0.6) is 17.2 Å². The van der Waals surface area contributed by atoms with E-state index in [0.717, 1.165) is 24.6 Å². The maximum absolute atomic E-state index is 5.37. The van der Waals surface area contributed by atoms with Gasteiger partial charge in [-0.25, -0.2) is 0 Å². The van der Waals surface area contributed by atoms with Crippen molar-refractivity contribution >= 4 is 0 Å². The van der Waals surface area contributed by atoms with Crippen LogP contribution in [0.4, 0.5) is 0 Å². The average molecular weight is 291 g/mol. The molecule has 4 heteroatoms. The molecule has 1 aromatic rings. The first-order valence-electron chi connectivity index (χ1n) is 7.43. The number of ether oxygens (including phenoxy) is 3. The third-order valence-electron chi connectivity index (χ3n) is 3.86. The highest BCUT2D eigenvalue weighted by atomic mass is 16.5. The van der Waals surface area contributed by atoms with Gasteiger partial charge in [0.25, 0.3) is 0 Å². The molecule has 116 valence electrons. The lowest BCUT2D eigenvalue weighted by Crippen LogP contribution is -2.23. The lowest BCUT2D eigenvalue weighted by Gasteiger charge is -2.19. The zero-order valence-electron chi connectivity index (χ0n) is 13.1. The minimum atomic E-state index is 0.640. The number of hydrogen-bond donors (Lipinski definition) is 1. The zero-order chi connectivity index (χ0) is 15.1. The van der Waals surface area contributed by atoms with Crippen LogP contribution in [0.25, 0.3) is 0 Å². The van der Waals surface area contributed by atoms with Crippen LogP contribution in [0.15, 0.2) is 24.3 Å². The molecule has 0 spiro atoms. The molecule has 1 aliphatic carbocycles. The molecular weight excluding hydrogens is 266 g/mol. The molecule has 0 fully saturated rings. The first-order chi connectivity index (χ1) is 10.3. The van der Waals surface area contributed by atoms with E-state index in [9.17, 15) is 0 Å². The molecule has 0 amide bonds. The minimum absolute atomic E-state index is 0.640. The van der Waals surface area contributed by atoms with Gasteiger partial charge in [0.1, 0.15) is 0 Å². The van der Waals surface area contributed by atoms with Crippen LogP contribution in [0, 0.1) is 5.92 Å². The number of allylic oxidation sites excluding steroid dienone is 2. The van der Waals surface area contributed by atoms with Crippen LogP contribution in [0.3, 0.4) is 0 Å². The number of hydrogen-bond acceptors (Lipinski definition) is 4. The molecular formula is C17H25NO3. The van der Waals surface area contributed by atoms with Crippen LogP contribution in [-0.2, 0) is 6.54 Å². The fraction of sp³-hybridized carbons (Fsp3) is 0.529. The van der Waals surface area contributed by atoms with E-state index in [1.807, 2.05) is 12.1 Å². The molecule has 1 atom stereocenters. The zero-order valence-corrected chi connectivity index (χ0v) is 13.1. The van der Waals surface area contributed by atoms with Gasteiger partial charge in [0, 0.05) is 6.54 Å². The summed E-state index contributed by atoms with van der Waals surface area (Å²) in [5.41, 5.74) is 1.14. The molecule has 0 saturated heterocycles. The summed E-state index contributed by atoms with van der Waals surface area (Å²) < 4.78 is 16.1. The summed E-state index contributed by atoms with van der Waals surface area (Å²) in [5.74, 6) is 2.79. The van der Waals surface area contributed by atoms with Crippen molar-refractivity contribution in [3.63, 3.8) is 0 Å². The van der Waals surface area contributed by atoms with Gasteiger partial charge in [0.2, 0.25) is 5.75 Å². The highest BCUT2D eigenvalue weighted by Gasteiger charge is 2.14. The summed E-state index contributed by atoms with van der Waals surface area (Å²) >= 11 is 0. The third kappa shape index (κ3) is 4.14. The summed E-state index contributed by atoms with van der Waals surface area (Å²) in [5, 5.41) is 3.53. The van der Waals surface area contributed by atoms with Gasteiger partial charge < -0.3 is 19.5 Å². The first-order valence-corrected chi connectivity index (χ1v) is 7.43. The lowest BCUT2D eigenvalue weighted by atomic mass is 9.94. The van der Waals surface area contributed by atoms with Crippen molar-refractivity contribution in [2.24, 2.45) is 5.92 Å². The second-order valence-corrected chi connectivity index (χ2v) is 5.31. The van der Waals surface area contributed by atoms with Gasteiger partial charge in [0.05, 0.1) is 21.3 Å². The van der Waals surface area contributed by atoms with Gasteiger partial charge in [-0.2, -0.15) is 0 Å². The van der Waals surface area contributed by atoms with Crippen molar-refractivity contribution in [3.05, 3.63) is 29.8 Å². The molecule has 0 heterocycles. The molecule has 0 aliphatic heterocycles. The van der Waals surface area contributed by atoms with Gasteiger partial charge in [-0.1, -0.05) is 12.2 Å². The largest absolute Gasteiger partial charge is 0.493 e. The molecule has 1 unspecified atom stereocenters. The van der Waals surface area contributed by atoms with Crippen LogP contribution in [-0.4, -0.2) is 27.9 Å². The van der Waals surface area contributed by atoms with E-state index < -0.39 is 0 Å². The monoisotopic (exact) mass is 291 g/mol. The maximum atomic E-state index is 5.37. The number of rotatable bonds is 7. The highest BCUT2D eigenvalue weighted by molar-refractivity contribution is 5.53. The van der Waals surface area contributed by atoms with Crippen LogP contribution < -0.4 is 19.5 Å². The molecule has 1 N–H and O–H groups in total. The standard InChI is InChI=1S/C17H25NO3/c1-19-15-9-14(10-16(20-2)17(15)21-3)12-18-11-13-7-5-4-6-8-13/h4-5,9-10,13,18H,6-8,11-12H2,1-3H3. The van der Waals surface area contributed by atoms with Crippen molar-refractivity contribution in [2.75, 3.05) is 27.9 Å². The second-order valence-electron chi connectivity index (χ2n) is 5.31. The maximum Gasteiger partial charge on any atom is 0.203 e. The summed E-state index contributed by atoms with van der Waals surface area (Å²) in [6, 6.07) is 3.99. The summed E-state index contributed by atoms with van der Waals surface area (Å²) in [6.45, 7) is 1.85. The van der Waals surface area contributed by atoms with Crippen molar-refractivity contribution in [3.8, 4) is 17.2 Å². The van der Waals surface area contributed by atoms with E-state index in [4.69, 9.17) is 14.2 Å². The molecule has 0 aromatic heterocycles. The van der Waals surface area contributed by atoms with E-state index in [2.05, 4.69) is 17.5 Å². The van der Waals surface area contributed by atoms with E-state index in [1.165, 1.54) is 19.3 Å². The molecule has 0 radical (unpaired) electrons.